The fraction of sp³-hybridized carbons (Fsp3) is 0.750. The predicted octanol–water partition coefficient (Wildman–Crippen LogP) is 2.87. The van der Waals surface area contributed by atoms with Gasteiger partial charge in [0.05, 0.1) is 13.2 Å². The second-order valence-electron chi connectivity index (χ2n) is 9.60. The summed E-state index contributed by atoms with van der Waals surface area (Å²) in [6.45, 7) is 14.8. The molecule has 0 spiro atoms. The first-order valence-corrected chi connectivity index (χ1v) is 12.9. The van der Waals surface area contributed by atoms with Crippen molar-refractivity contribution in [2.45, 2.75) is 77.2 Å². The lowest BCUT2D eigenvalue weighted by atomic mass is 9.91. The van der Waals surface area contributed by atoms with Crippen LogP contribution in [0.3, 0.4) is 0 Å². The van der Waals surface area contributed by atoms with Crippen LogP contribution < -0.4 is 5.56 Å². The first-order valence-electron chi connectivity index (χ1n) is 10.0. The van der Waals surface area contributed by atoms with Gasteiger partial charge in [0.1, 0.15) is 12.0 Å². The summed E-state index contributed by atoms with van der Waals surface area (Å²) in [7, 11) is -0.756. The van der Waals surface area contributed by atoms with Gasteiger partial charge in [0.2, 0.25) is 5.91 Å². The summed E-state index contributed by atoms with van der Waals surface area (Å²) in [5.74, 6) is -1.25. The summed E-state index contributed by atoms with van der Waals surface area (Å²) >= 11 is 0. The average Bonchev–Trinajstić information content (AvgIpc) is 3.19. The van der Waals surface area contributed by atoms with Crippen molar-refractivity contribution in [2.24, 2.45) is 5.92 Å². The van der Waals surface area contributed by atoms with Crippen LogP contribution in [0.4, 0.5) is 0 Å². The van der Waals surface area contributed by atoms with Gasteiger partial charge < -0.3 is 18.6 Å². The van der Waals surface area contributed by atoms with Crippen molar-refractivity contribution < 1.29 is 23.3 Å². The molecule has 3 atom stereocenters. The molecule has 164 valence electrons. The van der Waals surface area contributed by atoms with Gasteiger partial charge in [-0.2, -0.15) is 5.16 Å². The highest BCUT2D eigenvalue weighted by molar-refractivity contribution is 6.74. The summed E-state index contributed by atoms with van der Waals surface area (Å²) in [6.07, 6.45) is 0.155. The highest BCUT2D eigenvalue weighted by Crippen LogP contribution is 2.39. The Morgan fingerprint density at radius 3 is 2.38 bits per heavy atom. The van der Waals surface area contributed by atoms with Gasteiger partial charge >= 0.3 is 5.97 Å². The largest absolute Gasteiger partial charge is 0.467 e. The van der Waals surface area contributed by atoms with Gasteiger partial charge in [-0.25, -0.2) is 4.79 Å². The molecular formula is C20H34N2O6Si. The number of carbonyl (C=O) groups is 2. The van der Waals surface area contributed by atoms with Crippen LogP contribution in [0.15, 0.2) is 15.4 Å². The van der Waals surface area contributed by atoms with Gasteiger partial charge in [-0.15, -0.1) is 0 Å². The van der Waals surface area contributed by atoms with E-state index in [-0.39, 0.29) is 28.7 Å². The van der Waals surface area contributed by atoms with Crippen molar-refractivity contribution in [3.63, 3.8) is 0 Å². The zero-order valence-electron chi connectivity index (χ0n) is 18.7. The second-order valence-corrected chi connectivity index (χ2v) is 14.4. The Morgan fingerprint density at radius 2 is 1.93 bits per heavy atom. The Morgan fingerprint density at radius 1 is 1.31 bits per heavy atom. The third-order valence-corrected chi connectivity index (χ3v) is 10.6. The summed E-state index contributed by atoms with van der Waals surface area (Å²) in [6, 6.07) is 0.573. The fourth-order valence-electron chi connectivity index (χ4n) is 3.44. The van der Waals surface area contributed by atoms with E-state index in [9.17, 15) is 14.4 Å². The van der Waals surface area contributed by atoms with E-state index < -0.39 is 31.8 Å². The number of ether oxygens (including phenoxy) is 1. The number of amides is 1. The maximum absolute atomic E-state index is 13.4. The normalized spacial score (nSPS) is 21.5. The lowest BCUT2D eigenvalue weighted by Crippen LogP contribution is -2.46. The number of likely N-dealkylation sites (tertiary alicyclic amines) is 1. The maximum Gasteiger partial charge on any atom is 0.328 e. The van der Waals surface area contributed by atoms with Crippen LogP contribution in [0.1, 0.15) is 52.7 Å². The molecule has 0 aliphatic carbocycles. The third kappa shape index (κ3) is 5.00. The third-order valence-electron chi connectivity index (χ3n) is 6.07. The number of hydrogen-bond acceptors (Lipinski definition) is 6. The number of carbonyl (C=O) groups excluding carboxylic acids is 2. The maximum atomic E-state index is 13.4. The molecule has 0 unspecified atom stereocenters. The quantitative estimate of drug-likeness (QED) is 0.554. The predicted molar refractivity (Wildman–Crippen MR) is 111 cm³/mol. The Labute approximate surface area is 173 Å². The molecule has 2 heterocycles. The molecule has 1 aromatic heterocycles. The fourth-order valence-corrected chi connectivity index (χ4v) is 4.80. The van der Waals surface area contributed by atoms with Crippen molar-refractivity contribution in [2.75, 3.05) is 13.7 Å². The molecule has 1 amide bonds. The van der Waals surface area contributed by atoms with E-state index in [2.05, 4.69) is 39.0 Å². The van der Waals surface area contributed by atoms with Crippen molar-refractivity contribution in [3.05, 3.63) is 22.2 Å². The molecule has 1 fully saturated rings. The van der Waals surface area contributed by atoms with Crippen LogP contribution in [0.2, 0.25) is 18.1 Å². The minimum atomic E-state index is -2.07. The second kappa shape index (κ2) is 8.47. The molecule has 2 rings (SSSR count). The Balaban J connectivity index is 2.31. The molecular weight excluding hydrogens is 392 g/mol. The van der Waals surface area contributed by atoms with E-state index in [1.54, 1.807) is 0 Å². The lowest BCUT2D eigenvalue weighted by Gasteiger charge is -2.38. The van der Waals surface area contributed by atoms with Gasteiger partial charge in [-0.05, 0) is 24.1 Å². The molecule has 0 saturated carbocycles. The van der Waals surface area contributed by atoms with E-state index in [1.807, 2.05) is 13.8 Å². The van der Waals surface area contributed by atoms with Gasteiger partial charge in [-0.3, -0.25) is 9.59 Å². The van der Waals surface area contributed by atoms with Crippen LogP contribution in [0.25, 0.3) is 0 Å². The topological polar surface area (TPSA) is 102 Å². The van der Waals surface area contributed by atoms with E-state index >= 15 is 0 Å². The average molecular weight is 427 g/mol. The molecule has 0 aromatic carbocycles. The van der Waals surface area contributed by atoms with Gasteiger partial charge in [-0.1, -0.05) is 34.6 Å². The van der Waals surface area contributed by atoms with E-state index in [4.69, 9.17) is 13.7 Å². The van der Waals surface area contributed by atoms with Crippen LogP contribution >= 0.6 is 0 Å². The van der Waals surface area contributed by atoms with Crippen molar-refractivity contribution >= 4 is 20.2 Å². The Kier molecular flexibility index (Phi) is 6.84. The van der Waals surface area contributed by atoms with Crippen LogP contribution in [-0.4, -0.2) is 56.1 Å². The van der Waals surface area contributed by atoms with Gasteiger partial charge in [0.25, 0.3) is 5.56 Å². The molecule has 9 heteroatoms. The Hall–Kier alpha value is -1.87. The number of methoxy groups -OCH3 is 1. The monoisotopic (exact) mass is 426 g/mol. The van der Waals surface area contributed by atoms with Crippen LogP contribution in [0, 0.1) is 5.92 Å². The number of H-pyrrole nitrogens is 1. The van der Waals surface area contributed by atoms with Crippen molar-refractivity contribution in [1.82, 2.24) is 10.1 Å². The number of nitrogens with one attached hydrogen (secondary N) is 1. The molecule has 8 nitrogen and oxygen atoms in total. The molecule has 1 aliphatic rings. The first-order chi connectivity index (χ1) is 13.3. The van der Waals surface area contributed by atoms with Crippen LogP contribution in [0.5, 0.6) is 0 Å². The summed E-state index contributed by atoms with van der Waals surface area (Å²) in [5, 5.41) is 2.25. The number of esters is 1. The van der Waals surface area contributed by atoms with Gasteiger partial charge in [0.15, 0.2) is 14.1 Å². The standard InChI is InChI=1S/C20H34N2O6Si/c1-12(2)17(15-10-16(23)21-27-15)18(24)22-11-13(9-14(22)19(25)26-6)28-29(7,8)20(3,4)5/h10,12-14,17H,9,11H2,1-8H3,(H,21,23)/t13-,14+,17-/m1/s1. The Bertz CT molecular complexity index is 791. The highest BCUT2D eigenvalue weighted by atomic mass is 28.4. The number of aromatic nitrogens is 1. The smallest absolute Gasteiger partial charge is 0.328 e. The molecule has 1 aliphatic heterocycles. The molecule has 1 saturated heterocycles. The molecule has 0 bridgehead atoms. The van der Waals surface area contributed by atoms with Crippen molar-refractivity contribution in [1.29, 1.82) is 0 Å². The number of aromatic amines is 1. The molecule has 1 aromatic rings. The van der Waals surface area contributed by atoms with Crippen LogP contribution in [-0.2, 0) is 18.8 Å². The zero-order chi connectivity index (χ0) is 22.1. The molecule has 0 radical (unpaired) electrons. The van der Waals surface area contributed by atoms with E-state index in [0.29, 0.717) is 13.0 Å². The SMILES string of the molecule is COC(=O)[C@@H]1C[C@@H](O[Si](C)(C)C(C)(C)C)CN1C(=O)[C@@H](c1cc(=O)[nH]o1)C(C)C. The minimum absolute atomic E-state index is 0.0141. The summed E-state index contributed by atoms with van der Waals surface area (Å²) < 4.78 is 16.6. The summed E-state index contributed by atoms with van der Waals surface area (Å²) in [4.78, 5) is 38.9. The molecule has 1 N–H and O–H groups in total. The lowest BCUT2D eigenvalue weighted by molar-refractivity contribution is -0.152. The minimum Gasteiger partial charge on any atom is -0.467 e. The number of hydrogen-bond donors (Lipinski definition) is 1. The van der Waals surface area contributed by atoms with Crippen molar-refractivity contribution in [3.8, 4) is 0 Å². The number of nitrogens with zero attached hydrogens (tertiary/aromatic N) is 1. The number of rotatable bonds is 6. The van der Waals surface area contributed by atoms with E-state index in [0.717, 1.165) is 0 Å². The summed E-state index contributed by atoms with van der Waals surface area (Å²) in [5.41, 5.74) is -0.400. The molecule has 29 heavy (non-hydrogen) atoms. The van der Waals surface area contributed by atoms with E-state index in [1.165, 1.54) is 18.1 Å². The highest BCUT2D eigenvalue weighted by Gasteiger charge is 2.47. The van der Waals surface area contributed by atoms with Gasteiger partial charge in [0, 0.05) is 19.0 Å². The first kappa shape index (κ1) is 23.4. The zero-order valence-corrected chi connectivity index (χ0v) is 19.7.